The van der Waals surface area contributed by atoms with Crippen LogP contribution in [0.15, 0.2) is 83.1 Å². The number of ether oxygens (including phenoxy) is 1. The van der Waals surface area contributed by atoms with Gasteiger partial charge in [0, 0.05) is 21.3 Å². The lowest BCUT2D eigenvalue weighted by Gasteiger charge is -2.10. The molecular weight excluding hydrogens is 493 g/mol. The highest BCUT2D eigenvalue weighted by Crippen LogP contribution is 2.29. The predicted molar refractivity (Wildman–Crippen MR) is 136 cm³/mol. The van der Waals surface area contributed by atoms with Gasteiger partial charge in [-0.3, -0.25) is 9.36 Å². The summed E-state index contributed by atoms with van der Waals surface area (Å²) in [6, 6.07) is 22.0. The van der Waals surface area contributed by atoms with Crippen LogP contribution in [0.2, 0.25) is 10.0 Å². The second-order valence-corrected chi connectivity index (χ2v) is 8.80. The summed E-state index contributed by atoms with van der Waals surface area (Å²) in [7, 11) is 1.60. The van der Waals surface area contributed by atoms with E-state index in [1.807, 2.05) is 53.1 Å². The molecule has 7 nitrogen and oxygen atoms in total. The van der Waals surface area contributed by atoms with Gasteiger partial charge in [0.1, 0.15) is 5.75 Å². The number of benzene rings is 3. The molecule has 0 saturated heterocycles. The Bertz CT molecular complexity index is 1290. The molecule has 1 heterocycles. The molecule has 172 valence electrons. The second kappa shape index (κ2) is 11.2. The van der Waals surface area contributed by atoms with E-state index in [0.29, 0.717) is 21.0 Å². The highest BCUT2D eigenvalue weighted by molar-refractivity contribution is 7.99. The van der Waals surface area contributed by atoms with Gasteiger partial charge in [0.15, 0.2) is 11.0 Å². The van der Waals surface area contributed by atoms with Crippen molar-refractivity contribution in [1.29, 1.82) is 0 Å². The van der Waals surface area contributed by atoms with Crippen LogP contribution in [0.1, 0.15) is 5.56 Å². The minimum atomic E-state index is -0.270. The maximum absolute atomic E-state index is 12.4. The van der Waals surface area contributed by atoms with E-state index < -0.39 is 0 Å². The third-order valence-electron chi connectivity index (χ3n) is 4.67. The number of nitrogens with one attached hydrogen (secondary N) is 1. The summed E-state index contributed by atoms with van der Waals surface area (Å²) in [5.41, 5.74) is 5.03. The van der Waals surface area contributed by atoms with Crippen LogP contribution in [0.5, 0.6) is 5.75 Å². The average molecular weight is 512 g/mol. The fourth-order valence-corrected chi connectivity index (χ4v) is 4.00. The van der Waals surface area contributed by atoms with E-state index in [-0.39, 0.29) is 11.7 Å². The summed E-state index contributed by atoms with van der Waals surface area (Å²) >= 11 is 13.4. The van der Waals surface area contributed by atoms with E-state index in [4.69, 9.17) is 27.9 Å². The molecule has 1 amide bonds. The van der Waals surface area contributed by atoms with Gasteiger partial charge >= 0.3 is 0 Å². The number of methoxy groups -OCH3 is 1. The minimum absolute atomic E-state index is 0.103. The summed E-state index contributed by atoms with van der Waals surface area (Å²) in [6.45, 7) is 0. The van der Waals surface area contributed by atoms with E-state index >= 15 is 0 Å². The number of hydrogen-bond acceptors (Lipinski definition) is 6. The van der Waals surface area contributed by atoms with Gasteiger partial charge in [0.25, 0.3) is 5.91 Å². The summed E-state index contributed by atoms with van der Waals surface area (Å²) in [4.78, 5) is 12.4. The van der Waals surface area contributed by atoms with Gasteiger partial charge in [0.05, 0.1) is 19.1 Å². The molecule has 0 bridgehead atoms. The largest absolute Gasteiger partial charge is 0.497 e. The third kappa shape index (κ3) is 5.96. The van der Waals surface area contributed by atoms with Crippen LogP contribution in [0.4, 0.5) is 0 Å². The molecule has 3 aromatic carbocycles. The molecule has 4 rings (SSSR count). The van der Waals surface area contributed by atoms with Crippen LogP contribution in [-0.2, 0) is 4.79 Å². The molecule has 0 aliphatic heterocycles. The van der Waals surface area contributed by atoms with Gasteiger partial charge in [-0.1, -0.05) is 35.0 Å². The van der Waals surface area contributed by atoms with E-state index in [9.17, 15) is 4.79 Å². The molecule has 1 aromatic heterocycles. The Morgan fingerprint density at radius 3 is 2.29 bits per heavy atom. The molecule has 0 spiro atoms. The van der Waals surface area contributed by atoms with Crippen LogP contribution in [0.25, 0.3) is 17.1 Å². The minimum Gasteiger partial charge on any atom is -0.497 e. The van der Waals surface area contributed by atoms with Crippen molar-refractivity contribution in [1.82, 2.24) is 20.2 Å². The van der Waals surface area contributed by atoms with E-state index in [1.165, 1.54) is 11.8 Å². The van der Waals surface area contributed by atoms with Crippen LogP contribution < -0.4 is 10.2 Å². The summed E-state index contributed by atoms with van der Waals surface area (Å²) in [6.07, 6.45) is 1.57. The molecule has 10 heteroatoms. The molecule has 4 aromatic rings. The summed E-state index contributed by atoms with van der Waals surface area (Å²) in [5.74, 6) is 1.21. The Kier molecular flexibility index (Phi) is 7.84. The monoisotopic (exact) mass is 511 g/mol. The molecule has 0 fully saturated rings. The first kappa shape index (κ1) is 23.8. The molecule has 0 radical (unpaired) electrons. The number of rotatable bonds is 8. The van der Waals surface area contributed by atoms with Crippen LogP contribution in [0, 0.1) is 0 Å². The highest BCUT2D eigenvalue weighted by atomic mass is 35.5. The maximum Gasteiger partial charge on any atom is 0.250 e. The Labute approximate surface area is 210 Å². The summed E-state index contributed by atoms with van der Waals surface area (Å²) in [5, 5.41) is 14.5. The molecule has 0 aliphatic rings. The Morgan fingerprint density at radius 2 is 1.65 bits per heavy atom. The molecule has 0 atom stereocenters. The molecule has 0 aliphatic carbocycles. The van der Waals surface area contributed by atoms with Crippen molar-refractivity contribution < 1.29 is 9.53 Å². The zero-order valence-corrected chi connectivity index (χ0v) is 20.3. The predicted octanol–water partition coefficient (Wildman–Crippen LogP) is 5.49. The number of carbonyl (C=O) groups is 1. The van der Waals surface area contributed by atoms with Gasteiger partial charge in [-0.25, -0.2) is 5.43 Å². The lowest BCUT2D eigenvalue weighted by molar-refractivity contribution is -0.118. The molecule has 1 N–H and O–H groups in total. The fourth-order valence-electron chi connectivity index (χ4n) is 3.00. The highest BCUT2D eigenvalue weighted by Gasteiger charge is 2.17. The number of aromatic nitrogens is 3. The van der Waals surface area contributed by atoms with Gasteiger partial charge in [-0.2, -0.15) is 5.10 Å². The number of halogens is 2. The molecule has 0 unspecified atom stereocenters. The fraction of sp³-hybridized carbons (Fsp3) is 0.0833. The maximum atomic E-state index is 12.4. The van der Waals surface area contributed by atoms with Gasteiger partial charge < -0.3 is 4.74 Å². The average Bonchev–Trinajstić information content (AvgIpc) is 3.28. The van der Waals surface area contributed by atoms with Crippen molar-refractivity contribution in [3.8, 4) is 22.8 Å². The third-order valence-corrected chi connectivity index (χ3v) is 6.10. The van der Waals surface area contributed by atoms with Crippen molar-refractivity contribution in [3.05, 3.63) is 88.4 Å². The van der Waals surface area contributed by atoms with Gasteiger partial charge in [-0.15, -0.1) is 10.2 Å². The number of carbonyl (C=O) groups excluding carboxylic acids is 1. The Balaban J connectivity index is 1.48. The topological polar surface area (TPSA) is 81.4 Å². The summed E-state index contributed by atoms with van der Waals surface area (Å²) < 4.78 is 7.00. The SMILES string of the molecule is COc1ccc(C=NNC(=O)CSc2nnc(-c3ccc(Cl)cc3)n2-c2ccc(Cl)cc2)cc1. The zero-order valence-electron chi connectivity index (χ0n) is 18.0. The van der Waals surface area contributed by atoms with E-state index in [2.05, 4.69) is 20.7 Å². The molecule has 0 saturated carbocycles. The van der Waals surface area contributed by atoms with Crippen LogP contribution in [-0.4, -0.2) is 39.7 Å². The lowest BCUT2D eigenvalue weighted by atomic mass is 10.2. The van der Waals surface area contributed by atoms with Crippen molar-refractivity contribution in [2.75, 3.05) is 12.9 Å². The normalized spacial score (nSPS) is 11.0. The zero-order chi connectivity index (χ0) is 23.9. The first-order valence-electron chi connectivity index (χ1n) is 10.1. The smallest absolute Gasteiger partial charge is 0.250 e. The number of hydrogen-bond donors (Lipinski definition) is 1. The van der Waals surface area contributed by atoms with Crippen molar-refractivity contribution in [2.45, 2.75) is 5.16 Å². The quantitative estimate of drug-likeness (QED) is 0.192. The lowest BCUT2D eigenvalue weighted by Crippen LogP contribution is -2.20. The van der Waals surface area contributed by atoms with Crippen molar-refractivity contribution in [2.24, 2.45) is 5.10 Å². The van der Waals surface area contributed by atoms with Gasteiger partial charge in [0.2, 0.25) is 0 Å². The first-order chi connectivity index (χ1) is 16.5. The molecular formula is C24H19Cl2N5O2S. The Morgan fingerprint density at radius 1 is 1.00 bits per heavy atom. The van der Waals surface area contributed by atoms with Gasteiger partial charge in [-0.05, 0) is 78.4 Å². The van der Waals surface area contributed by atoms with Crippen LogP contribution >= 0.6 is 35.0 Å². The first-order valence-corrected chi connectivity index (χ1v) is 11.8. The van der Waals surface area contributed by atoms with Crippen molar-refractivity contribution in [3.63, 3.8) is 0 Å². The van der Waals surface area contributed by atoms with E-state index in [0.717, 1.165) is 22.6 Å². The second-order valence-electron chi connectivity index (χ2n) is 6.98. The van der Waals surface area contributed by atoms with Crippen molar-refractivity contribution >= 4 is 47.1 Å². The molecule has 34 heavy (non-hydrogen) atoms. The number of thioether (sulfide) groups is 1. The number of amides is 1. The Hall–Kier alpha value is -3.33. The number of hydrazone groups is 1. The standard InChI is InChI=1S/C24H19Cl2N5O2S/c1-33-21-12-2-16(3-13-21)14-27-28-22(32)15-34-24-30-29-23(17-4-6-18(25)7-5-17)31(24)20-10-8-19(26)9-11-20/h2-14H,15H2,1H3,(H,28,32). The number of nitrogens with zero attached hydrogens (tertiary/aromatic N) is 4. The van der Waals surface area contributed by atoms with E-state index in [1.54, 1.807) is 37.6 Å². The van der Waals surface area contributed by atoms with Crippen LogP contribution in [0.3, 0.4) is 0 Å².